The molecule has 0 aliphatic rings. The summed E-state index contributed by atoms with van der Waals surface area (Å²) in [5.41, 5.74) is 0. The Labute approximate surface area is 642 Å². The third-order valence-electron chi connectivity index (χ3n) is 16.5. The molecule has 0 aromatic rings. The lowest BCUT2D eigenvalue weighted by Crippen LogP contribution is -2.30. The van der Waals surface area contributed by atoms with Crippen LogP contribution in [0.3, 0.4) is 0 Å². The van der Waals surface area contributed by atoms with Gasteiger partial charge in [-0.25, -0.2) is 9.13 Å². The van der Waals surface area contributed by atoms with Crippen molar-refractivity contribution in [2.45, 2.75) is 329 Å². The van der Waals surface area contributed by atoms with E-state index in [1.54, 1.807) is 0 Å². The highest BCUT2D eigenvalue weighted by Gasteiger charge is 2.30. The largest absolute Gasteiger partial charge is 0.472 e. The predicted octanol–water partition coefficient (Wildman–Crippen LogP) is 24.0. The first-order valence-electron chi connectivity index (χ1n) is 40.7. The third kappa shape index (κ3) is 76.9. The number of rotatable bonds is 75. The number of hydrogen-bond acceptors (Lipinski definition) is 15. The molecule has 19 heteroatoms. The van der Waals surface area contributed by atoms with E-state index in [-0.39, 0.29) is 25.7 Å². The van der Waals surface area contributed by atoms with Crippen molar-refractivity contribution in [3.63, 3.8) is 0 Å². The molecule has 3 N–H and O–H groups in total. The molecule has 0 aromatic carbocycles. The summed E-state index contributed by atoms with van der Waals surface area (Å²) >= 11 is 0. The van der Waals surface area contributed by atoms with Crippen LogP contribution in [0.4, 0.5) is 0 Å². The molecule has 0 aliphatic carbocycles. The van der Waals surface area contributed by atoms with E-state index in [4.69, 9.17) is 37.0 Å². The molecule has 0 aromatic heterocycles. The van der Waals surface area contributed by atoms with Crippen molar-refractivity contribution in [1.82, 2.24) is 0 Å². The molecule has 0 aliphatic heterocycles. The minimum atomic E-state index is -5.00. The summed E-state index contributed by atoms with van der Waals surface area (Å²) in [6.07, 6.45) is 90.7. The number of phosphoric acid groups is 2. The molecule has 106 heavy (non-hydrogen) atoms. The Kier molecular flexibility index (Phi) is 73.9. The summed E-state index contributed by atoms with van der Waals surface area (Å²) < 4.78 is 68.6. The Morgan fingerprint density at radius 1 is 0.274 bits per heavy atom. The monoisotopic (exact) mass is 1520 g/mol. The molecule has 0 saturated heterocycles. The van der Waals surface area contributed by atoms with Gasteiger partial charge >= 0.3 is 39.5 Å². The van der Waals surface area contributed by atoms with Crippen LogP contribution < -0.4 is 0 Å². The first-order valence-corrected chi connectivity index (χ1v) is 43.7. The second-order valence-electron chi connectivity index (χ2n) is 26.6. The number of allylic oxidation sites excluding steroid dienone is 26. The van der Waals surface area contributed by atoms with Crippen LogP contribution in [0, 0.1) is 0 Å². The fourth-order valence-electron chi connectivity index (χ4n) is 10.4. The van der Waals surface area contributed by atoms with E-state index < -0.39 is 97.5 Å². The normalized spacial score (nSPS) is 14.7. The van der Waals surface area contributed by atoms with Crippen LogP contribution in [-0.4, -0.2) is 96.7 Å². The Morgan fingerprint density at radius 2 is 0.491 bits per heavy atom. The Balaban J connectivity index is 5.44. The molecule has 17 nitrogen and oxygen atoms in total. The third-order valence-corrected chi connectivity index (χ3v) is 18.4. The van der Waals surface area contributed by atoms with Crippen LogP contribution in [-0.2, 0) is 65.4 Å². The van der Waals surface area contributed by atoms with Crippen molar-refractivity contribution in [3.8, 4) is 0 Å². The van der Waals surface area contributed by atoms with Gasteiger partial charge in [0.1, 0.15) is 19.3 Å². The standard InChI is InChI=1S/C87H144O17P2/c1-5-9-13-17-21-25-29-33-37-39-40-42-45-48-52-56-60-64-68-72-85(90)98-78-83(104-87(92)74-70-66-62-58-54-50-46-41-38-34-30-26-22-18-14-10-6-2)80-102-106(95,96)100-76-81(88)75-99-105(93,94)101-79-82(103-86(91)73-69-65-61-57-53-49-44-36-32-28-24-20-16-12-8-4)77-97-84(89)71-67-63-59-55-51-47-43-35-31-27-23-19-15-11-7-3/h10-12,14-16,21-28,33-38,40,42-44,51,55,81-83,88H,5-9,13,17-20,29-32,39,41,45-50,52-54,56-80H2,1-4H3,(H,93,94)(H,95,96)/b14-10-,15-11-,16-12-,25-21-,26-22-,27-23-,28-24-,37-33-,38-34-,42-40-,43-35-,44-36-,55-51-. The molecular weight excluding hydrogens is 1380 g/mol. The number of esters is 4. The van der Waals surface area contributed by atoms with Gasteiger partial charge < -0.3 is 33.8 Å². The maximum atomic E-state index is 13.1. The Hall–Kier alpha value is -5.32. The van der Waals surface area contributed by atoms with Crippen LogP contribution in [0.1, 0.15) is 310 Å². The molecule has 0 saturated carbocycles. The molecule has 0 radical (unpaired) electrons. The van der Waals surface area contributed by atoms with Gasteiger partial charge in [-0.3, -0.25) is 37.3 Å². The van der Waals surface area contributed by atoms with Gasteiger partial charge in [-0.15, -0.1) is 0 Å². The van der Waals surface area contributed by atoms with E-state index in [0.29, 0.717) is 25.7 Å². The van der Waals surface area contributed by atoms with Crippen molar-refractivity contribution in [2.24, 2.45) is 0 Å². The number of ether oxygens (including phenoxy) is 4. The summed E-state index contributed by atoms with van der Waals surface area (Å²) in [7, 11) is -9.99. The molecule has 0 rings (SSSR count). The smallest absolute Gasteiger partial charge is 0.462 e. The van der Waals surface area contributed by atoms with Crippen molar-refractivity contribution in [1.29, 1.82) is 0 Å². The maximum absolute atomic E-state index is 13.1. The van der Waals surface area contributed by atoms with Gasteiger partial charge in [0, 0.05) is 25.7 Å². The highest BCUT2D eigenvalue weighted by atomic mass is 31.2. The van der Waals surface area contributed by atoms with E-state index in [0.717, 1.165) is 212 Å². The van der Waals surface area contributed by atoms with Gasteiger partial charge in [0.15, 0.2) is 12.2 Å². The van der Waals surface area contributed by atoms with Crippen LogP contribution in [0.25, 0.3) is 0 Å². The van der Waals surface area contributed by atoms with Gasteiger partial charge in [-0.2, -0.15) is 0 Å². The topological polar surface area (TPSA) is 237 Å². The zero-order valence-electron chi connectivity index (χ0n) is 66.1. The molecular formula is C87H144O17P2. The summed E-state index contributed by atoms with van der Waals surface area (Å²) in [6, 6.07) is 0. The fraction of sp³-hybridized carbons (Fsp3) is 0.655. The number of aliphatic hydroxyl groups excluding tert-OH is 1. The van der Waals surface area contributed by atoms with Gasteiger partial charge in [0.05, 0.1) is 26.4 Å². The van der Waals surface area contributed by atoms with Crippen LogP contribution in [0.15, 0.2) is 158 Å². The summed E-state index contributed by atoms with van der Waals surface area (Å²) in [6.45, 7) is 4.42. The van der Waals surface area contributed by atoms with Crippen LogP contribution in [0.5, 0.6) is 0 Å². The minimum Gasteiger partial charge on any atom is -0.462 e. The molecule has 5 unspecified atom stereocenters. The molecule has 0 heterocycles. The van der Waals surface area contributed by atoms with E-state index in [9.17, 15) is 43.2 Å². The highest BCUT2D eigenvalue weighted by molar-refractivity contribution is 7.47. The van der Waals surface area contributed by atoms with Gasteiger partial charge in [-0.1, -0.05) is 276 Å². The maximum Gasteiger partial charge on any atom is 0.472 e. The molecule has 0 fully saturated rings. The minimum absolute atomic E-state index is 0.0612. The van der Waals surface area contributed by atoms with Crippen LogP contribution >= 0.6 is 15.6 Å². The SMILES string of the molecule is CC/C=C\C/C=C\C/C=C\C/C=C\CCCCC(=O)OCC(COP(=O)(O)OCC(O)COP(=O)(O)OCC(COC(=O)CCCCCCCC/C=C\C/C=C\C/C=C\CCCCC)OC(=O)CCCCCCCCC/C=C\C/C=C\C/C=C\CC)OC(=O)CCCCCCC/C=C\C/C=C\C/C=C\CC. The summed E-state index contributed by atoms with van der Waals surface area (Å²) in [4.78, 5) is 73.1. The fourth-order valence-corrected chi connectivity index (χ4v) is 11.9. The average Bonchev–Trinajstić information content (AvgIpc) is 0.899. The number of aliphatic hydroxyl groups is 1. The number of hydrogen-bond donors (Lipinski definition) is 3. The average molecular weight is 1520 g/mol. The zero-order chi connectivity index (χ0) is 77.4. The van der Waals surface area contributed by atoms with Crippen molar-refractivity contribution in [3.05, 3.63) is 158 Å². The molecule has 604 valence electrons. The van der Waals surface area contributed by atoms with Crippen molar-refractivity contribution in [2.75, 3.05) is 39.6 Å². The quantitative estimate of drug-likeness (QED) is 0.0169. The number of carbonyl (C=O) groups excluding carboxylic acids is 4. The van der Waals surface area contributed by atoms with Crippen LogP contribution in [0.2, 0.25) is 0 Å². The number of unbranched alkanes of at least 4 members (excludes halogenated alkanes) is 23. The molecule has 0 spiro atoms. The summed E-state index contributed by atoms with van der Waals surface area (Å²) in [5.74, 6) is -2.27. The highest BCUT2D eigenvalue weighted by Crippen LogP contribution is 2.45. The molecule has 5 atom stereocenters. The lowest BCUT2D eigenvalue weighted by atomic mass is 10.1. The number of phosphoric ester groups is 2. The van der Waals surface area contributed by atoms with E-state index in [2.05, 4.69) is 186 Å². The Morgan fingerprint density at radius 3 is 0.774 bits per heavy atom. The van der Waals surface area contributed by atoms with E-state index in [1.165, 1.54) is 19.3 Å². The molecule has 0 bridgehead atoms. The molecule has 0 amide bonds. The lowest BCUT2D eigenvalue weighted by molar-refractivity contribution is -0.161. The lowest BCUT2D eigenvalue weighted by Gasteiger charge is -2.21. The Bertz CT molecular complexity index is 2630. The van der Waals surface area contributed by atoms with E-state index >= 15 is 0 Å². The number of carbonyl (C=O) groups is 4. The summed E-state index contributed by atoms with van der Waals surface area (Å²) in [5, 5.41) is 10.7. The van der Waals surface area contributed by atoms with Gasteiger partial charge in [0.2, 0.25) is 0 Å². The van der Waals surface area contributed by atoms with Gasteiger partial charge in [0.25, 0.3) is 0 Å². The zero-order valence-corrected chi connectivity index (χ0v) is 67.8. The van der Waals surface area contributed by atoms with Crippen molar-refractivity contribution < 1.29 is 80.2 Å². The first kappa shape index (κ1) is 101. The van der Waals surface area contributed by atoms with E-state index in [1.807, 2.05) is 0 Å². The second-order valence-corrected chi connectivity index (χ2v) is 29.5. The second kappa shape index (κ2) is 77.8. The van der Waals surface area contributed by atoms with Crippen molar-refractivity contribution >= 4 is 39.5 Å². The predicted molar refractivity (Wildman–Crippen MR) is 436 cm³/mol. The first-order chi connectivity index (χ1) is 51.7. The van der Waals surface area contributed by atoms with Gasteiger partial charge in [-0.05, 0) is 167 Å².